The molecule has 0 aromatic heterocycles. The molecule has 4 rings (SSSR count). The van der Waals surface area contributed by atoms with E-state index in [1.54, 1.807) is 0 Å². The van der Waals surface area contributed by atoms with E-state index >= 15 is 0 Å². The molecule has 182 valence electrons. The molecule has 0 radical (unpaired) electrons. The molecule has 0 aromatic rings. The van der Waals surface area contributed by atoms with Crippen LogP contribution in [-0.4, -0.2) is 92.1 Å². The number of nitrogens with two attached hydrogens (primary N) is 2. The van der Waals surface area contributed by atoms with Crippen molar-refractivity contribution in [1.82, 2.24) is 25.8 Å². The van der Waals surface area contributed by atoms with Gasteiger partial charge in [0.05, 0.1) is 25.3 Å². The van der Waals surface area contributed by atoms with Crippen molar-refractivity contribution in [2.24, 2.45) is 29.2 Å². The second-order valence-electron chi connectivity index (χ2n) is 10.2. The highest BCUT2D eigenvalue weighted by Crippen LogP contribution is 2.31. The van der Waals surface area contributed by atoms with Gasteiger partial charge in [-0.15, -0.1) is 0 Å². The Kier molecular flexibility index (Phi) is 8.01. The molecular weight excluding hydrogens is 410 g/mol. The summed E-state index contributed by atoms with van der Waals surface area (Å²) in [5.74, 6) is 0.0350. The van der Waals surface area contributed by atoms with Crippen LogP contribution < -0.4 is 27.4 Å². The minimum Gasteiger partial charge on any atom is -0.378 e. The number of amides is 2. The summed E-state index contributed by atoms with van der Waals surface area (Å²) in [6.07, 6.45) is 4.55. The van der Waals surface area contributed by atoms with Gasteiger partial charge in [0.15, 0.2) is 0 Å². The fraction of sp³-hybridized carbons (Fsp3) is 0.909. The number of nitrogens with one attached hydrogen (secondary N) is 3. The van der Waals surface area contributed by atoms with Gasteiger partial charge in [-0.25, -0.2) is 0 Å². The SMILES string of the molecule is CC1CC(NC2NC(N3CCC[C@H](N)C3)NCC2C(N)=O)CC(C(=O)N2CCOCC2)C1. The number of nitrogens with zero attached hydrogens (tertiary/aromatic N) is 2. The van der Waals surface area contributed by atoms with Crippen LogP contribution in [0, 0.1) is 17.8 Å². The predicted molar refractivity (Wildman–Crippen MR) is 121 cm³/mol. The number of morpholine rings is 1. The fourth-order valence-electron chi connectivity index (χ4n) is 5.88. The number of carbonyl (C=O) groups is 2. The lowest BCUT2D eigenvalue weighted by Gasteiger charge is -2.46. The van der Waals surface area contributed by atoms with Crippen molar-refractivity contribution in [2.45, 2.75) is 63.6 Å². The van der Waals surface area contributed by atoms with E-state index in [0.717, 1.165) is 45.2 Å². The smallest absolute Gasteiger partial charge is 0.225 e. The van der Waals surface area contributed by atoms with E-state index in [1.165, 1.54) is 0 Å². The Labute approximate surface area is 191 Å². The minimum atomic E-state index is -0.352. The Morgan fingerprint density at radius 3 is 2.62 bits per heavy atom. The molecule has 6 unspecified atom stereocenters. The topological polar surface area (TPSA) is 138 Å². The van der Waals surface area contributed by atoms with E-state index in [9.17, 15) is 9.59 Å². The van der Waals surface area contributed by atoms with Gasteiger partial charge in [-0.3, -0.25) is 30.4 Å². The Balaban J connectivity index is 1.39. The fourth-order valence-corrected chi connectivity index (χ4v) is 5.88. The number of hydrogen-bond acceptors (Lipinski definition) is 8. The molecule has 1 saturated carbocycles. The lowest BCUT2D eigenvalue weighted by Crippen LogP contribution is -2.72. The maximum atomic E-state index is 13.1. The van der Waals surface area contributed by atoms with Gasteiger partial charge in [0.1, 0.15) is 6.29 Å². The van der Waals surface area contributed by atoms with Crippen LogP contribution in [0.25, 0.3) is 0 Å². The van der Waals surface area contributed by atoms with Gasteiger partial charge in [-0.1, -0.05) is 6.92 Å². The summed E-state index contributed by atoms with van der Waals surface area (Å²) >= 11 is 0. The van der Waals surface area contributed by atoms with Gasteiger partial charge in [-0.05, 0) is 38.0 Å². The molecule has 7 N–H and O–H groups in total. The van der Waals surface area contributed by atoms with Crippen LogP contribution >= 0.6 is 0 Å². The van der Waals surface area contributed by atoms with Crippen molar-refractivity contribution in [3.05, 3.63) is 0 Å². The molecule has 0 aromatic carbocycles. The Hall–Kier alpha value is -1.30. The highest BCUT2D eigenvalue weighted by molar-refractivity contribution is 5.79. The van der Waals surface area contributed by atoms with E-state index in [4.69, 9.17) is 16.2 Å². The molecule has 2 amide bonds. The van der Waals surface area contributed by atoms with Crippen molar-refractivity contribution in [1.29, 1.82) is 0 Å². The monoisotopic (exact) mass is 451 g/mol. The maximum absolute atomic E-state index is 13.1. The molecule has 7 atom stereocenters. The van der Waals surface area contributed by atoms with Crippen LogP contribution in [0.4, 0.5) is 0 Å². The molecule has 3 heterocycles. The molecule has 4 aliphatic rings. The Morgan fingerprint density at radius 2 is 1.91 bits per heavy atom. The Morgan fingerprint density at radius 1 is 1.12 bits per heavy atom. The zero-order chi connectivity index (χ0) is 22.7. The van der Waals surface area contributed by atoms with Crippen LogP contribution in [-0.2, 0) is 14.3 Å². The quantitative estimate of drug-likeness (QED) is 0.343. The summed E-state index contributed by atoms with van der Waals surface area (Å²) in [7, 11) is 0. The maximum Gasteiger partial charge on any atom is 0.225 e. The zero-order valence-electron chi connectivity index (χ0n) is 19.3. The molecule has 32 heavy (non-hydrogen) atoms. The summed E-state index contributed by atoms with van der Waals surface area (Å²) in [6, 6.07) is 0.342. The number of hydrogen-bond donors (Lipinski definition) is 5. The van der Waals surface area contributed by atoms with E-state index < -0.39 is 0 Å². The average Bonchev–Trinajstić information content (AvgIpc) is 2.78. The highest BCUT2D eigenvalue weighted by Gasteiger charge is 2.40. The van der Waals surface area contributed by atoms with Crippen LogP contribution in [0.3, 0.4) is 0 Å². The molecule has 4 fully saturated rings. The summed E-state index contributed by atoms with van der Waals surface area (Å²) in [6.45, 7) is 7.15. The molecule has 0 bridgehead atoms. The van der Waals surface area contributed by atoms with Gasteiger partial charge >= 0.3 is 0 Å². The first-order chi connectivity index (χ1) is 15.4. The second-order valence-corrected chi connectivity index (χ2v) is 10.2. The molecule has 3 saturated heterocycles. The van der Waals surface area contributed by atoms with Gasteiger partial charge in [0.2, 0.25) is 11.8 Å². The summed E-state index contributed by atoms with van der Waals surface area (Å²) in [5.41, 5.74) is 11.9. The van der Waals surface area contributed by atoms with E-state index in [1.807, 2.05) is 4.90 Å². The van der Waals surface area contributed by atoms with Crippen molar-refractivity contribution in [2.75, 3.05) is 45.9 Å². The van der Waals surface area contributed by atoms with Crippen LogP contribution in [0.2, 0.25) is 0 Å². The first kappa shape index (κ1) is 23.8. The van der Waals surface area contributed by atoms with Crippen LogP contribution in [0.5, 0.6) is 0 Å². The molecule has 10 nitrogen and oxygen atoms in total. The van der Waals surface area contributed by atoms with Gasteiger partial charge in [-0.2, -0.15) is 0 Å². The third-order valence-electron chi connectivity index (χ3n) is 7.52. The molecular formula is C22H41N7O3. The highest BCUT2D eigenvalue weighted by atomic mass is 16.5. The van der Waals surface area contributed by atoms with Gasteiger partial charge in [0, 0.05) is 50.7 Å². The number of likely N-dealkylation sites (tertiary alicyclic amines) is 1. The number of ether oxygens (including phenoxy) is 1. The molecule has 1 aliphatic carbocycles. The number of piperidine rings is 1. The van der Waals surface area contributed by atoms with E-state index in [2.05, 4.69) is 27.8 Å². The largest absolute Gasteiger partial charge is 0.378 e. The van der Waals surface area contributed by atoms with E-state index in [0.29, 0.717) is 38.8 Å². The molecule has 0 spiro atoms. The summed E-state index contributed by atoms with van der Waals surface area (Å²) in [5, 5.41) is 10.7. The number of rotatable bonds is 5. The minimum absolute atomic E-state index is 0.0129. The number of primary amides is 1. The summed E-state index contributed by atoms with van der Waals surface area (Å²) < 4.78 is 5.40. The van der Waals surface area contributed by atoms with Crippen molar-refractivity contribution < 1.29 is 14.3 Å². The van der Waals surface area contributed by atoms with Crippen molar-refractivity contribution >= 4 is 11.8 Å². The van der Waals surface area contributed by atoms with Gasteiger partial charge in [0.25, 0.3) is 0 Å². The zero-order valence-corrected chi connectivity index (χ0v) is 19.3. The van der Waals surface area contributed by atoms with Crippen molar-refractivity contribution in [3.8, 4) is 0 Å². The average molecular weight is 452 g/mol. The molecule has 3 aliphatic heterocycles. The first-order valence-corrected chi connectivity index (χ1v) is 12.3. The summed E-state index contributed by atoms with van der Waals surface area (Å²) in [4.78, 5) is 29.6. The lowest BCUT2D eigenvalue weighted by atomic mass is 9.78. The lowest BCUT2D eigenvalue weighted by molar-refractivity contribution is -0.141. The van der Waals surface area contributed by atoms with E-state index in [-0.39, 0.29) is 48.2 Å². The third-order valence-corrected chi connectivity index (χ3v) is 7.52. The van der Waals surface area contributed by atoms with Crippen LogP contribution in [0.1, 0.15) is 39.0 Å². The Bertz CT molecular complexity index is 659. The third kappa shape index (κ3) is 5.78. The van der Waals surface area contributed by atoms with Gasteiger partial charge < -0.3 is 21.1 Å². The standard InChI is InChI=1S/C22H41N7O3/c1-14-9-15(21(31)28-5-7-32-8-6-28)11-17(10-14)26-20-18(19(24)30)12-25-22(27-20)29-4-2-3-16(23)13-29/h14-18,20,22,25-27H,2-13,23H2,1H3,(H2,24,30)/t14?,15?,16-,17?,18?,20?,22?/m0/s1. The van der Waals surface area contributed by atoms with Crippen molar-refractivity contribution in [3.63, 3.8) is 0 Å². The normalized spacial score (nSPS) is 39.6. The second kappa shape index (κ2) is 10.8. The van der Waals surface area contributed by atoms with Crippen LogP contribution in [0.15, 0.2) is 0 Å². The predicted octanol–water partition coefficient (Wildman–Crippen LogP) is -1.43. The number of carbonyl (C=O) groups excluding carboxylic acids is 2. The molecule has 10 heteroatoms. The first-order valence-electron chi connectivity index (χ1n) is 12.3.